The molecule has 1 heterocycles. The normalized spacial score (nSPS) is 20.8. The van der Waals surface area contributed by atoms with Gasteiger partial charge in [-0.15, -0.1) is 0 Å². The molecular weight excluding hydrogens is 280 g/mol. The maximum Gasteiger partial charge on any atom is 0.222 e. The van der Waals surface area contributed by atoms with Crippen LogP contribution in [-0.2, 0) is 4.79 Å². The Morgan fingerprint density at radius 3 is 2.89 bits per heavy atom. The van der Waals surface area contributed by atoms with Gasteiger partial charge in [0.1, 0.15) is 0 Å². The van der Waals surface area contributed by atoms with Gasteiger partial charge in [0.05, 0.1) is 6.04 Å². The van der Waals surface area contributed by atoms with Crippen molar-refractivity contribution in [3.05, 3.63) is 34.9 Å². The molecule has 1 fully saturated rings. The van der Waals surface area contributed by atoms with Crippen molar-refractivity contribution in [1.29, 1.82) is 0 Å². The van der Waals surface area contributed by atoms with Gasteiger partial charge in [0.25, 0.3) is 0 Å². The molecule has 1 aromatic carbocycles. The van der Waals surface area contributed by atoms with Crippen LogP contribution in [0.25, 0.3) is 0 Å². The Labute approximate surface area is 123 Å². The molecule has 2 N–H and O–H groups in total. The second kappa shape index (κ2) is 7.17. The predicted octanol–water partition coefficient (Wildman–Crippen LogP) is 2.61. The van der Waals surface area contributed by atoms with E-state index in [1.807, 2.05) is 43.0 Å². The maximum absolute atomic E-state index is 12.0. The van der Waals surface area contributed by atoms with Gasteiger partial charge in [-0.25, -0.2) is 0 Å². The number of hydrogen-bond acceptors (Lipinski definition) is 3. The smallest absolute Gasteiger partial charge is 0.222 e. The molecule has 5 heteroatoms. The van der Waals surface area contributed by atoms with E-state index in [4.69, 9.17) is 11.6 Å². The van der Waals surface area contributed by atoms with E-state index < -0.39 is 0 Å². The predicted molar refractivity (Wildman–Crippen MR) is 81.7 cm³/mol. The van der Waals surface area contributed by atoms with Gasteiger partial charge >= 0.3 is 0 Å². The molecule has 0 spiro atoms. The van der Waals surface area contributed by atoms with Crippen molar-refractivity contribution in [2.24, 2.45) is 0 Å². The molecule has 0 saturated carbocycles. The highest BCUT2D eigenvalue weighted by atomic mass is 35.5. The molecule has 19 heavy (non-hydrogen) atoms. The molecule has 104 valence electrons. The number of carbonyl (C=O) groups is 1. The van der Waals surface area contributed by atoms with Gasteiger partial charge in [-0.3, -0.25) is 4.79 Å². The molecule has 0 bridgehead atoms. The quantitative estimate of drug-likeness (QED) is 0.898. The van der Waals surface area contributed by atoms with Crippen molar-refractivity contribution in [2.45, 2.75) is 25.4 Å². The van der Waals surface area contributed by atoms with Crippen LogP contribution in [0.15, 0.2) is 24.3 Å². The largest absolute Gasteiger partial charge is 0.350 e. The highest BCUT2D eigenvalue weighted by Gasteiger charge is 2.18. The molecule has 2 rings (SSSR count). The van der Waals surface area contributed by atoms with Crippen LogP contribution >= 0.6 is 23.4 Å². The van der Waals surface area contributed by atoms with Gasteiger partial charge in [-0.1, -0.05) is 23.7 Å². The Hall–Kier alpha value is -0.710. The average molecular weight is 299 g/mol. The fourth-order valence-corrected chi connectivity index (χ4v) is 3.18. The molecule has 3 nitrogen and oxygen atoms in total. The van der Waals surface area contributed by atoms with E-state index in [0.29, 0.717) is 17.5 Å². The summed E-state index contributed by atoms with van der Waals surface area (Å²) >= 11 is 7.76. The summed E-state index contributed by atoms with van der Waals surface area (Å²) in [6.07, 6.45) is 0.547. The Morgan fingerprint density at radius 2 is 2.26 bits per heavy atom. The van der Waals surface area contributed by atoms with E-state index in [1.54, 1.807) is 0 Å². The lowest BCUT2D eigenvalue weighted by atomic mass is 10.1. The van der Waals surface area contributed by atoms with Crippen LogP contribution in [0.5, 0.6) is 0 Å². The van der Waals surface area contributed by atoms with Crippen LogP contribution in [0, 0.1) is 0 Å². The first-order chi connectivity index (χ1) is 9.15. The molecule has 1 saturated heterocycles. The first-order valence-electron chi connectivity index (χ1n) is 6.51. The number of nitrogens with one attached hydrogen (secondary N) is 2. The van der Waals surface area contributed by atoms with Gasteiger partial charge in [0.2, 0.25) is 5.91 Å². The van der Waals surface area contributed by atoms with Crippen molar-refractivity contribution in [2.75, 3.05) is 18.1 Å². The zero-order chi connectivity index (χ0) is 13.7. The molecule has 0 radical (unpaired) electrons. The Morgan fingerprint density at radius 1 is 1.53 bits per heavy atom. The van der Waals surface area contributed by atoms with Crippen molar-refractivity contribution >= 4 is 29.3 Å². The Kier molecular flexibility index (Phi) is 5.55. The van der Waals surface area contributed by atoms with Crippen molar-refractivity contribution < 1.29 is 4.79 Å². The van der Waals surface area contributed by atoms with Crippen molar-refractivity contribution in [3.63, 3.8) is 0 Å². The second-order valence-electron chi connectivity index (χ2n) is 4.77. The highest BCUT2D eigenvalue weighted by Crippen LogP contribution is 2.16. The second-order valence-corrected chi connectivity index (χ2v) is 6.36. The summed E-state index contributed by atoms with van der Waals surface area (Å²) in [7, 11) is 0. The number of rotatable bonds is 4. The fraction of sp³-hybridized carbons (Fsp3) is 0.500. The maximum atomic E-state index is 12.0. The van der Waals surface area contributed by atoms with Crippen LogP contribution in [-0.4, -0.2) is 30.0 Å². The van der Waals surface area contributed by atoms with Gasteiger partial charge in [-0.2, -0.15) is 11.8 Å². The molecule has 1 aliphatic rings. The topological polar surface area (TPSA) is 41.1 Å². The SMILES string of the molecule is C[C@H](NC(=O)CC1CSCCN1)c1ccc(Cl)cc1. The molecule has 1 aromatic rings. The van der Waals surface area contributed by atoms with Crippen LogP contribution in [0.3, 0.4) is 0 Å². The van der Waals surface area contributed by atoms with Gasteiger partial charge < -0.3 is 10.6 Å². The zero-order valence-corrected chi connectivity index (χ0v) is 12.6. The number of halogens is 1. The van der Waals surface area contributed by atoms with E-state index in [9.17, 15) is 4.79 Å². The molecule has 0 aromatic heterocycles. The lowest BCUT2D eigenvalue weighted by Gasteiger charge is -2.23. The average Bonchev–Trinajstić information content (AvgIpc) is 2.40. The number of benzene rings is 1. The zero-order valence-electron chi connectivity index (χ0n) is 11.0. The summed E-state index contributed by atoms with van der Waals surface area (Å²) in [5.74, 6) is 2.25. The molecule has 0 aliphatic carbocycles. The highest BCUT2D eigenvalue weighted by molar-refractivity contribution is 7.99. The minimum absolute atomic E-state index is 0.0148. The van der Waals surface area contributed by atoms with Gasteiger partial charge in [-0.05, 0) is 24.6 Å². The monoisotopic (exact) mass is 298 g/mol. The van der Waals surface area contributed by atoms with E-state index in [0.717, 1.165) is 23.6 Å². The Balaban J connectivity index is 1.82. The van der Waals surface area contributed by atoms with E-state index in [1.165, 1.54) is 0 Å². The van der Waals surface area contributed by atoms with E-state index in [2.05, 4.69) is 10.6 Å². The number of thioether (sulfide) groups is 1. The van der Waals surface area contributed by atoms with E-state index in [-0.39, 0.29) is 11.9 Å². The standard InChI is InChI=1S/C14H19ClN2OS/c1-10(11-2-4-12(15)5-3-11)17-14(18)8-13-9-19-7-6-16-13/h2-5,10,13,16H,6-9H2,1H3,(H,17,18)/t10-,13?/m0/s1. The van der Waals surface area contributed by atoms with Gasteiger partial charge in [0, 0.05) is 35.5 Å². The van der Waals surface area contributed by atoms with E-state index >= 15 is 0 Å². The summed E-state index contributed by atoms with van der Waals surface area (Å²) in [4.78, 5) is 12.0. The molecule has 1 aliphatic heterocycles. The van der Waals surface area contributed by atoms with Crippen LogP contribution in [0.1, 0.15) is 24.9 Å². The minimum atomic E-state index is 0.0148. The number of amides is 1. The molecular formula is C14H19ClN2OS. The lowest BCUT2D eigenvalue weighted by molar-refractivity contribution is -0.122. The first-order valence-corrected chi connectivity index (χ1v) is 8.04. The summed E-state index contributed by atoms with van der Waals surface area (Å²) < 4.78 is 0. The molecule has 1 unspecified atom stereocenters. The van der Waals surface area contributed by atoms with Crippen molar-refractivity contribution in [3.8, 4) is 0 Å². The van der Waals surface area contributed by atoms with Crippen LogP contribution < -0.4 is 10.6 Å². The minimum Gasteiger partial charge on any atom is -0.350 e. The lowest BCUT2D eigenvalue weighted by Crippen LogP contribution is -2.41. The van der Waals surface area contributed by atoms with Crippen LogP contribution in [0.2, 0.25) is 5.02 Å². The summed E-state index contributed by atoms with van der Waals surface area (Å²) in [5.41, 5.74) is 1.07. The summed E-state index contributed by atoms with van der Waals surface area (Å²) in [6.45, 7) is 2.99. The third-order valence-corrected chi connectivity index (χ3v) is 4.56. The fourth-order valence-electron chi connectivity index (χ4n) is 2.11. The third-order valence-electron chi connectivity index (χ3n) is 3.18. The molecule has 1 amide bonds. The first kappa shape index (κ1) is 14.7. The summed E-state index contributed by atoms with van der Waals surface area (Å²) in [6, 6.07) is 7.90. The molecule has 2 atom stereocenters. The van der Waals surface area contributed by atoms with Crippen LogP contribution in [0.4, 0.5) is 0 Å². The van der Waals surface area contributed by atoms with Gasteiger partial charge in [0.15, 0.2) is 0 Å². The van der Waals surface area contributed by atoms with Crippen molar-refractivity contribution in [1.82, 2.24) is 10.6 Å². The third kappa shape index (κ3) is 4.71. The number of carbonyl (C=O) groups excluding carboxylic acids is 1. The summed E-state index contributed by atoms with van der Waals surface area (Å²) in [5, 5.41) is 7.12. The number of hydrogen-bond donors (Lipinski definition) is 2. The Bertz CT molecular complexity index is 418.